The van der Waals surface area contributed by atoms with Crippen LogP contribution in [0.15, 0.2) is 72.2 Å². The monoisotopic (exact) mass is 400 g/mol. The lowest BCUT2D eigenvalue weighted by Gasteiger charge is -2.12. The summed E-state index contributed by atoms with van der Waals surface area (Å²) in [5.41, 5.74) is 9.25. The third-order valence-electron chi connectivity index (χ3n) is 5.01. The number of hydrogen-bond donors (Lipinski definition) is 2. The van der Waals surface area contributed by atoms with Crippen molar-refractivity contribution >= 4 is 28.4 Å². The highest BCUT2D eigenvalue weighted by Crippen LogP contribution is 2.16. The first-order valence-corrected chi connectivity index (χ1v) is 9.58. The number of nitrogen functional groups attached to an aromatic ring is 1. The summed E-state index contributed by atoms with van der Waals surface area (Å²) in [7, 11) is 0. The van der Waals surface area contributed by atoms with Gasteiger partial charge in [-0.25, -0.2) is 4.57 Å². The molecule has 30 heavy (non-hydrogen) atoms. The van der Waals surface area contributed by atoms with Gasteiger partial charge in [0.05, 0.1) is 6.54 Å². The molecule has 0 unspecified atom stereocenters. The van der Waals surface area contributed by atoms with Crippen LogP contribution in [0.25, 0.3) is 16.7 Å². The molecule has 0 aliphatic carbocycles. The molecular weight excluding hydrogens is 378 g/mol. The minimum Gasteiger partial charge on any atom is -0.348 e. The molecular formula is C23H22N5O2+. The van der Waals surface area contributed by atoms with Crippen molar-refractivity contribution in [3.8, 4) is 0 Å². The van der Waals surface area contributed by atoms with Crippen molar-refractivity contribution in [3.63, 3.8) is 0 Å². The van der Waals surface area contributed by atoms with Crippen molar-refractivity contribution in [1.82, 2.24) is 14.7 Å². The van der Waals surface area contributed by atoms with E-state index in [4.69, 9.17) is 10.7 Å². The number of fused-ring (bicyclic) bond motifs is 2. The van der Waals surface area contributed by atoms with Gasteiger partial charge in [-0.3, -0.25) is 14.0 Å². The lowest BCUT2D eigenvalue weighted by Crippen LogP contribution is -2.43. The van der Waals surface area contributed by atoms with Gasteiger partial charge < -0.3 is 11.1 Å². The van der Waals surface area contributed by atoms with Gasteiger partial charge in [-0.05, 0) is 24.6 Å². The van der Waals surface area contributed by atoms with Gasteiger partial charge in [0, 0.05) is 18.3 Å². The quantitative estimate of drug-likeness (QED) is 0.304. The number of amides is 1. The number of rotatable bonds is 5. The van der Waals surface area contributed by atoms with Crippen molar-refractivity contribution in [1.29, 1.82) is 0 Å². The molecule has 3 aromatic heterocycles. The first kappa shape index (κ1) is 19.3. The molecule has 3 heterocycles. The number of nitrogens with one attached hydrogen (secondary N) is 1. The predicted molar refractivity (Wildman–Crippen MR) is 116 cm³/mol. The summed E-state index contributed by atoms with van der Waals surface area (Å²) in [5, 5.41) is 3.06. The number of pyridine rings is 2. The van der Waals surface area contributed by atoms with Gasteiger partial charge in [0.1, 0.15) is 10.9 Å². The minimum atomic E-state index is -0.371. The number of nitrogens with zero attached hydrogens (tertiary/aromatic N) is 3. The van der Waals surface area contributed by atoms with Gasteiger partial charge in [0.2, 0.25) is 11.5 Å². The van der Waals surface area contributed by atoms with Crippen molar-refractivity contribution in [3.05, 3.63) is 94.4 Å². The normalized spacial score (nSPS) is 11.0. The first-order chi connectivity index (χ1) is 14.5. The fourth-order valence-corrected chi connectivity index (χ4v) is 3.48. The minimum absolute atomic E-state index is 0.229. The average Bonchev–Trinajstić information content (AvgIpc) is 2.75. The Morgan fingerprint density at radius 3 is 2.77 bits per heavy atom. The Morgan fingerprint density at radius 2 is 2.03 bits per heavy atom. The fourth-order valence-electron chi connectivity index (χ4n) is 3.48. The Kier molecular flexibility index (Phi) is 5.02. The van der Waals surface area contributed by atoms with Crippen LogP contribution in [0.2, 0.25) is 0 Å². The molecule has 1 amide bonds. The number of anilines is 1. The predicted octanol–water partition coefficient (Wildman–Crippen LogP) is 1.99. The molecule has 0 saturated heterocycles. The SMILES string of the molecule is C=CCNC(=O)c1cc2c(=O)n3cccc(C)c3nc2[n+](Cc2ccccc2)c1N. The molecule has 0 aliphatic rings. The molecule has 0 radical (unpaired) electrons. The van der Waals surface area contributed by atoms with Crippen molar-refractivity contribution in [2.45, 2.75) is 13.5 Å². The van der Waals surface area contributed by atoms with E-state index in [1.165, 1.54) is 10.5 Å². The van der Waals surface area contributed by atoms with E-state index in [0.717, 1.165) is 11.1 Å². The van der Waals surface area contributed by atoms with Crippen molar-refractivity contribution < 1.29 is 9.36 Å². The zero-order valence-electron chi connectivity index (χ0n) is 16.6. The summed E-state index contributed by atoms with van der Waals surface area (Å²) in [6.45, 7) is 6.18. The lowest BCUT2D eigenvalue weighted by atomic mass is 10.1. The number of nitrogens with two attached hydrogens (primary N) is 1. The van der Waals surface area contributed by atoms with Crippen LogP contribution in [0.5, 0.6) is 0 Å². The largest absolute Gasteiger partial charge is 0.348 e. The number of benzene rings is 1. The summed E-state index contributed by atoms with van der Waals surface area (Å²) in [5.74, 6) is -0.123. The third-order valence-corrected chi connectivity index (χ3v) is 5.01. The molecule has 1 aromatic carbocycles. The van der Waals surface area contributed by atoms with Gasteiger partial charge in [-0.15, -0.1) is 6.58 Å². The van der Waals surface area contributed by atoms with E-state index in [1.807, 2.05) is 43.3 Å². The number of aryl methyl sites for hydroxylation is 1. The molecule has 150 valence electrons. The second-order valence-electron chi connectivity index (χ2n) is 7.05. The maximum absolute atomic E-state index is 13.3. The van der Waals surface area contributed by atoms with E-state index >= 15 is 0 Å². The Hall–Kier alpha value is -4.00. The summed E-state index contributed by atoms with van der Waals surface area (Å²) < 4.78 is 3.22. The van der Waals surface area contributed by atoms with Crippen molar-refractivity contribution in [2.24, 2.45) is 0 Å². The lowest BCUT2D eigenvalue weighted by molar-refractivity contribution is -0.649. The topological polar surface area (TPSA) is 93.4 Å². The van der Waals surface area contributed by atoms with Crippen LogP contribution in [0.4, 0.5) is 5.82 Å². The van der Waals surface area contributed by atoms with Crippen LogP contribution in [-0.2, 0) is 6.54 Å². The molecule has 4 aromatic rings. The zero-order chi connectivity index (χ0) is 21.3. The first-order valence-electron chi connectivity index (χ1n) is 9.58. The molecule has 0 saturated carbocycles. The Bertz CT molecular complexity index is 1340. The van der Waals surface area contributed by atoms with E-state index in [2.05, 4.69) is 11.9 Å². The standard InChI is InChI=1S/C23H21N5O2/c1-3-11-25-22(29)17-13-18-21(26-20-15(2)8-7-12-27(20)23(18)30)28(19(17)24)14-16-9-5-4-6-10-16/h3-10,12-13,24H,1,11,14H2,2H3,(H,25,29)/p+1. The molecule has 4 rings (SSSR count). The molecule has 0 aliphatic heterocycles. The number of carbonyl (C=O) groups excluding carboxylic acids is 1. The third kappa shape index (κ3) is 3.30. The number of hydrogen-bond acceptors (Lipinski definition) is 4. The highest BCUT2D eigenvalue weighted by Gasteiger charge is 2.24. The van der Waals surface area contributed by atoms with Crippen LogP contribution in [0, 0.1) is 6.92 Å². The molecule has 0 fully saturated rings. The molecule has 7 nitrogen and oxygen atoms in total. The van der Waals surface area contributed by atoms with Gasteiger partial charge in [0.25, 0.3) is 17.1 Å². The fraction of sp³-hybridized carbons (Fsp3) is 0.130. The van der Waals surface area contributed by atoms with E-state index in [9.17, 15) is 9.59 Å². The molecule has 7 heteroatoms. The van der Waals surface area contributed by atoms with Crippen LogP contribution < -0.4 is 21.2 Å². The maximum Gasteiger partial charge on any atom is 0.278 e. The summed E-state index contributed by atoms with van der Waals surface area (Å²) in [6, 6.07) is 14.9. The number of aromatic nitrogens is 3. The molecule has 0 bridgehead atoms. The van der Waals surface area contributed by atoms with Crippen LogP contribution in [0.1, 0.15) is 21.5 Å². The second kappa shape index (κ2) is 7.79. The summed E-state index contributed by atoms with van der Waals surface area (Å²) in [4.78, 5) is 30.7. The summed E-state index contributed by atoms with van der Waals surface area (Å²) >= 11 is 0. The Morgan fingerprint density at radius 1 is 1.27 bits per heavy atom. The molecule has 3 N–H and O–H groups in total. The Balaban J connectivity index is 2.05. The highest BCUT2D eigenvalue weighted by atomic mass is 16.1. The zero-order valence-corrected chi connectivity index (χ0v) is 16.6. The van der Waals surface area contributed by atoms with Gasteiger partial charge in [-0.2, -0.15) is 0 Å². The number of carbonyl (C=O) groups is 1. The maximum atomic E-state index is 13.3. The van der Waals surface area contributed by atoms with Crippen LogP contribution in [0.3, 0.4) is 0 Å². The smallest absolute Gasteiger partial charge is 0.278 e. The van der Waals surface area contributed by atoms with Crippen LogP contribution >= 0.6 is 0 Å². The van der Waals surface area contributed by atoms with Gasteiger partial charge >= 0.3 is 0 Å². The van der Waals surface area contributed by atoms with Gasteiger partial charge in [0.15, 0.2) is 0 Å². The summed E-state index contributed by atoms with van der Waals surface area (Å²) in [6.07, 6.45) is 3.26. The van der Waals surface area contributed by atoms with E-state index in [0.29, 0.717) is 29.8 Å². The van der Waals surface area contributed by atoms with Gasteiger partial charge in [-0.1, -0.05) is 47.5 Å². The van der Waals surface area contributed by atoms with E-state index in [-0.39, 0.29) is 22.8 Å². The Labute approximate surface area is 173 Å². The van der Waals surface area contributed by atoms with Crippen molar-refractivity contribution in [2.75, 3.05) is 12.3 Å². The highest BCUT2D eigenvalue weighted by molar-refractivity contribution is 6.00. The van der Waals surface area contributed by atoms with E-state index in [1.54, 1.807) is 22.9 Å². The molecule has 0 spiro atoms. The van der Waals surface area contributed by atoms with E-state index < -0.39 is 0 Å². The second-order valence-corrected chi connectivity index (χ2v) is 7.05. The molecule has 0 atom stereocenters. The van der Waals surface area contributed by atoms with Crippen LogP contribution in [-0.4, -0.2) is 21.8 Å². The average molecular weight is 400 g/mol.